The molecule has 1 nitrogen and oxygen atoms in total. The third kappa shape index (κ3) is 4.18. The summed E-state index contributed by atoms with van der Waals surface area (Å²) in [5.74, 6) is 0.689. The molecule has 0 radical (unpaired) electrons. The van der Waals surface area contributed by atoms with E-state index in [0.29, 0.717) is 5.92 Å². The minimum Gasteiger partial charge on any atom is -0.309 e. The van der Waals surface area contributed by atoms with Crippen LogP contribution in [-0.4, -0.2) is 7.05 Å². The molecule has 0 saturated heterocycles. The molecule has 0 aliphatic heterocycles. The van der Waals surface area contributed by atoms with Crippen molar-refractivity contribution in [1.82, 2.24) is 5.32 Å². The number of hydrogen-bond acceptors (Lipinski definition) is 1. The van der Waals surface area contributed by atoms with E-state index in [1.54, 1.807) is 0 Å². The third-order valence-corrected chi connectivity index (χ3v) is 3.79. The van der Waals surface area contributed by atoms with Gasteiger partial charge in [-0.25, -0.2) is 0 Å². The number of nitrogens with one attached hydrogen (secondary N) is 1. The van der Waals surface area contributed by atoms with Crippen LogP contribution in [0, 0.1) is 19.8 Å². The van der Waals surface area contributed by atoms with Crippen molar-refractivity contribution in [1.29, 1.82) is 0 Å². The van der Waals surface area contributed by atoms with E-state index in [2.05, 4.69) is 75.5 Å². The molecule has 1 atom stereocenters. The second-order valence-corrected chi connectivity index (χ2v) is 6.49. The van der Waals surface area contributed by atoms with Crippen molar-refractivity contribution in [2.75, 3.05) is 7.05 Å². The Kier molecular flexibility index (Phi) is 5.19. The van der Waals surface area contributed by atoms with Gasteiger partial charge in [-0.15, -0.1) is 0 Å². The van der Waals surface area contributed by atoms with E-state index in [9.17, 15) is 0 Å². The van der Waals surface area contributed by atoms with Crippen LogP contribution in [0.25, 0.3) is 0 Å². The van der Waals surface area contributed by atoms with Gasteiger partial charge in [-0.1, -0.05) is 67.4 Å². The van der Waals surface area contributed by atoms with Crippen LogP contribution in [0.3, 0.4) is 0 Å². The summed E-state index contributed by atoms with van der Waals surface area (Å²) in [5, 5.41) is 3.47. The average molecular weight is 281 g/mol. The lowest BCUT2D eigenvalue weighted by molar-refractivity contribution is 0.643. The number of hydrogen-bond donors (Lipinski definition) is 1. The molecular weight excluding hydrogens is 254 g/mol. The summed E-state index contributed by atoms with van der Waals surface area (Å²) in [6.45, 7) is 8.87. The molecule has 2 rings (SSSR count). The summed E-state index contributed by atoms with van der Waals surface area (Å²) in [5.41, 5.74) is 6.76. The molecule has 21 heavy (non-hydrogen) atoms. The highest BCUT2D eigenvalue weighted by Crippen LogP contribution is 2.25. The lowest BCUT2D eigenvalue weighted by atomic mass is 9.93. The Labute approximate surface area is 129 Å². The smallest absolute Gasteiger partial charge is 0.0574 e. The van der Waals surface area contributed by atoms with Gasteiger partial charge < -0.3 is 5.32 Å². The first-order chi connectivity index (χ1) is 9.99. The topological polar surface area (TPSA) is 12.0 Å². The fourth-order valence-electron chi connectivity index (χ4n) is 3.07. The zero-order valence-corrected chi connectivity index (χ0v) is 13.9. The molecule has 0 fully saturated rings. The van der Waals surface area contributed by atoms with Crippen LogP contribution in [0.4, 0.5) is 0 Å². The predicted molar refractivity (Wildman–Crippen MR) is 91.8 cm³/mol. The average Bonchev–Trinajstić information content (AvgIpc) is 2.38. The molecule has 0 bridgehead atoms. The quantitative estimate of drug-likeness (QED) is 0.829. The molecule has 112 valence electrons. The van der Waals surface area contributed by atoms with Gasteiger partial charge in [0.15, 0.2) is 0 Å². The Morgan fingerprint density at radius 1 is 0.905 bits per heavy atom. The molecule has 1 N–H and O–H groups in total. The maximum Gasteiger partial charge on any atom is 0.0574 e. The molecule has 0 amide bonds. The summed E-state index contributed by atoms with van der Waals surface area (Å²) in [7, 11) is 2.04. The predicted octanol–water partition coefficient (Wildman–Crippen LogP) is 4.81. The first kappa shape index (κ1) is 15.8. The summed E-state index contributed by atoms with van der Waals surface area (Å²) in [4.78, 5) is 0. The second kappa shape index (κ2) is 6.91. The van der Waals surface area contributed by atoms with Crippen molar-refractivity contribution >= 4 is 0 Å². The van der Waals surface area contributed by atoms with Gasteiger partial charge in [-0.05, 0) is 49.9 Å². The Balaban J connectivity index is 2.36. The van der Waals surface area contributed by atoms with E-state index in [4.69, 9.17) is 0 Å². The molecular formula is C20H27N. The maximum atomic E-state index is 3.47. The first-order valence-corrected chi connectivity index (χ1v) is 7.84. The van der Waals surface area contributed by atoms with Crippen LogP contribution in [0.15, 0.2) is 42.5 Å². The third-order valence-electron chi connectivity index (χ3n) is 3.79. The lowest BCUT2D eigenvalue weighted by Gasteiger charge is -2.19. The molecule has 0 aliphatic rings. The van der Waals surface area contributed by atoms with Crippen LogP contribution in [-0.2, 0) is 6.42 Å². The molecule has 0 saturated carbocycles. The van der Waals surface area contributed by atoms with Crippen molar-refractivity contribution in [3.63, 3.8) is 0 Å². The minimum atomic E-state index is 0.260. The fourth-order valence-corrected chi connectivity index (χ4v) is 3.07. The molecule has 1 unspecified atom stereocenters. The van der Waals surface area contributed by atoms with Crippen molar-refractivity contribution in [2.24, 2.45) is 5.92 Å². The second-order valence-electron chi connectivity index (χ2n) is 6.49. The minimum absolute atomic E-state index is 0.260. The molecule has 1 heteroatoms. The Hall–Kier alpha value is -1.60. The molecule has 0 aromatic heterocycles. The van der Waals surface area contributed by atoms with Gasteiger partial charge in [0.1, 0.15) is 0 Å². The SMILES string of the molecule is CNC(c1cc(C)cc(C)c1)c1cccc(CC(C)C)c1. The van der Waals surface area contributed by atoms with Crippen LogP contribution in [0.5, 0.6) is 0 Å². The van der Waals surface area contributed by atoms with Crippen LogP contribution in [0.1, 0.15) is 47.7 Å². The largest absolute Gasteiger partial charge is 0.309 e. The van der Waals surface area contributed by atoms with Crippen molar-refractivity contribution < 1.29 is 0 Å². The Bertz CT molecular complexity index is 578. The van der Waals surface area contributed by atoms with Crippen molar-refractivity contribution in [2.45, 2.75) is 40.2 Å². The van der Waals surface area contributed by atoms with Gasteiger partial charge in [0, 0.05) is 0 Å². The van der Waals surface area contributed by atoms with Gasteiger partial charge in [-0.3, -0.25) is 0 Å². The van der Waals surface area contributed by atoms with E-state index in [-0.39, 0.29) is 6.04 Å². The van der Waals surface area contributed by atoms with Gasteiger partial charge in [0.2, 0.25) is 0 Å². The van der Waals surface area contributed by atoms with Gasteiger partial charge >= 0.3 is 0 Å². The normalized spacial score (nSPS) is 12.7. The highest BCUT2D eigenvalue weighted by molar-refractivity contribution is 5.38. The molecule has 0 aliphatic carbocycles. The van der Waals surface area contributed by atoms with Gasteiger partial charge in [0.05, 0.1) is 6.04 Å². The van der Waals surface area contributed by atoms with Crippen LogP contribution >= 0.6 is 0 Å². The summed E-state index contributed by atoms with van der Waals surface area (Å²) < 4.78 is 0. The Morgan fingerprint density at radius 3 is 2.14 bits per heavy atom. The van der Waals surface area contributed by atoms with Gasteiger partial charge in [0.25, 0.3) is 0 Å². The summed E-state index contributed by atoms with van der Waals surface area (Å²) in [6, 6.07) is 16.0. The highest BCUT2D eigenvalue weighted by atomic mass is 14.9. The Morgan fingerprint density at radius 2 is 1.57 bits per heavy atom. The van der Waals surface area contributed by atoms with E-state index in [0.717, 1.165) is 6.42 Å². The van der Waals surface area contributed by atoms with Crippen LogP contribution < -0.4 is 5.32 Å². The van der Waals surface area contributed by atoms with Gasteiger partial charge in [-0.2, -0.15) is 0 Å². The number of aryl methyl sites for hydroxylation is 2. The first-order valence-electron chi connectivity index (χ1n) is 7.84. The molecule has 2 aromatic rings. The zero-order valence-electron chi connectivity index (χ0n) is 13.9. The van der Waals surface area contributed by atoms with E-state index in [1.165, 1.54) is 27.8 Å². The summed E-state index contributed by atoms with van der Waals surface area (Å²) >= 11 is 0. The standard InChI is InChI=1S/C20H27N/c1-14(2)9-17-7-6-8-18(13-17)20(21-5)19-11-15(3)10-16(4)12-19/h6-8,10-14,20-21H,9H2,1-5H3. The molecule has 0 spiro atoms. The zero-order chi connectivity index (χ0) is 15.4. The lowest BCUT2D eigenvalue weighted by Crippen LogP contribution is -2.18. The van der Waals surface area contributed by atoms with E-state index < -0.39 is 0 Å². The van der Waals surface area contributed by atoms with E-state index in [1.807, 2.05) is 7.05 Å². The van der Waals surface area contributed by atoms with Crippen molar-refractivity contribution in [3.05, 3.63) is 70.3 Å². The fraction of sp³-hybridized carbons (Fsp3) is 0.400. The number of benzene rings is 2. The van der Waals surface area contributed by atoms with E-state index >= 15 is 0 Å². The maximum absolute atomic E-state index is 3.47. The highest BCUT2D eigenvalue weighted by Gasteiger charge is 2.13. The van der Waals surface area contributed by atoms with Crippen molar-refractivity contribution in [3.8, 4) is 0 Å². The summed E-state index contributed by atoms with van der Waals surface area (Å²) in [6.07, 6.45) is 1.14. The molecule has 0 heterocycles. The monoisotopic (exact) mass is 281 g/mol. The molecule has 2 aromatic carbocycles. The van der Waals surface area contributed by atoms with Crippen LogP contribution in [0.2, 0.25) is 0 Å². The number of rotatable bonds is 5.